The molecule has 1 aliphatic rings. The number of carbonyl (C=O) groups excluding carboxylic acids is 1. The maximum atomic E-state index is 12.0. The van der Waals surface area contributed by atoms with Gasteiger partial charge in [-0.2, -0.15) is 0 Å². The van der Waals surface area contributed by atoms with Gasteiger partial charge in [-0.3, -0.25) is 4.79 Å². The van der Waals surface area contributed by atoms with E-state index in [1.54, 1.807) is 0 Å². The summed E-state index contributed by atoms with van der Waals surface area (Å²) >= 11 is 3.40. The van der Waals surface area contributed by atoms with Crippen molar-refractivity contribution in [1.29, 1.82) is 0 Å². The van der Waals surface area contributed by atoms with E-state index in [1.807, 2.05) is 25.1 Å². The Morgan fingerprint density at radius 2 is 2.00 bits per heavy atom. The Morgan fingerprint density at radius 1 is 1.30 bits per heavy atom. The molecular weight excluding hydrogens is 356 g/mol. The summed E-state index contributed by atoms with van der Waals surface area (Å²) < 4.78 is 0.927. The van der Waals surface area contributed by atoms with Crippen molar-refractivity contribution in [1.82, 2.24) is 5.32 Å². The van der Waals surface area contributed by atoms with Crippen molar-refractivity contribution in [3.05, 3.63) is 28.2 Å². The van der Waals surface area contributed by atoms with E-state index < -0.39 is 0 Å². The SMILES string of the molecule is Cc1ccc(Br)cc1NC(=O)CN=C(N)NC1CCCCCC1. The van der Waals surface area contributed by atoms with Crippen molar-refractivity contribution in [3.8, 4) is 0 Å². The number of nitrogens with zero attached hydrogens (tertiary/aromatic N) is 1. The Labute approximate surface area is 146 Å². The van der Waals surface area contributed by atoms with Crippen LogP contribution in [0, 0.1) is 6.92 Å². The van der Waals surface area contributed by atoms with Gasteiger partial charge in [-0.05, 0) is 37.5 Å². The van der Waals surface area contributed by atoms with Gasteiger partial charge in [0, 0.05) is 16.2 Å². The second kappa shape index (κ2) is 8.91. The van der Waals surface area contributed by atoms with Gasteiger partial charge in [0.15, 0.2) is 5.96 Å². The molecule has 1 amide bonds. The number of benzene rings is 1. The molecule has 0 aliphatic heterocycles. The predicted octanol–water partition coefficient (Wildman–Crippen LogP) is 3.32. The summed E-state index contributed by atoms with van der Waals surface area (Å²) in [5, 5.41) is 6.10. The van der Waals surface area contributed by atoms with Crippen LogP contribution in [-0.2, 0) is 4.79 Å². The molecule has 0 radical (unpaired) electrons. The third-order valence-corrected chi connectivity index (χ3v) is 4.57. The zero-order valence-electron chi connectivity index (χ0n) is 13.6. The van der Waals surface area contributed by atoms with Crippen molar-refractivity contribution in [2.24, 2.45) is 10.7 Å². The Kier molecular flexibility index (Phi) is 6.89. The normalized spacial score (nSPS) is 16.7. The van der Waals surface area contributed by atoms with Crippen molar-refractivity contribution in [2.45, 2.75) is 51.5 Å². The van der Waals surface area contributed by atoms with E-state index in [-0.39, 0.29) is 12.5 Å². The molecule has 1 aromatic rings. The highest BCUT2D eigenvalue weighted by Crippen LogP contribution is 2.20. The van der Waals surface area contributed by atoms with E-state index in [2.05, 4.69) is 31.6 Å². The lowest BCUT2D eigenvalue weighted by molar-refractivity contribution is -0.114. The smallest absolute Gasteiger partial charge is 0.246 e. The minimum Gasteiger partial charge on any atom is -0.370 e. The topological polar surface area (TPSA) is 79.5 Å². The maximum absolute atomic E-state index is 12.0. The second-order valence-corrected chi connectivity index (χ2v) is 6.96. The van der Waals surface area contributed by atoms with Crippen LogP contribution in [0.15, 0.2) is 27.7 Å². The highest BCUT2D eigenvalue weighted by atomic mass is 79.9. The molecule has 1 fully saturated rings. The van der Waals surface area contributed by atoms with Gasteiger partial charge in [-0.1, -0.05) is 47.7 Å². The molecule has 0 spiro atoms. The van der Waals surface area contributed by atoms with Crippen LogP contribution >= 0.6 is 15.9 Å². The molecule has 0 saturated heterocycles. The van der Waals surface area contributed by atoms with Crippen LogP contribution < -0.4 is 16.4 Å². The molecule has 126 valence electrons. The summed E-state index contributed by atoms with van der Waals surface area (Å²) in [7, 11) is 0. The van der Waals surface area contributed by atoms with E-state index in [0.717, 1.165) is 28.6 Å². The highest BCUT2D eigenvalue weighted by molar-refractivity contribution is 9.10. The van der Waals surface area contributed by atoms with Gasteiger partial charge in [0.2, 0.25) is 5.91 Å². The number of anilines is 1. The van der Waals surface area contributed by atoms with Crippen LogP contribution in [0.2, 0.25) is 0 Å². The van der Waals surface area contributed by atoms with Gasteiger partial charge >= 0.3 is 0 Å². The van der Waals surface area contributed by atoms with E-state index in [9.17, 15) is 4.79 Å². The number of halogens is 1. The van der Waals surface area contributed by atoms with Crippen LogP contribution in [0.3, 0.4) is 0 Å². The average molecular weight is 381 g/mol. The van der Waals surface area contributed by atoms with E-state index >= 15 is 0 Å². The number of guanidine groups is 1. The predicted molar refractivity (Wildman–Crippen MR) is 98.6 cm³/mol. The molecule has 0 bridgehead atoms. The summed E-state index contributed by atoms with van der Waals surface area (Å²) in [6.07, 6.45) is 7.30. The molecule has 6 heteroatoms. The fourth-order valence-corrected chi connectivity index (χ4v) is 3.12. The first-order valence-electron chi connectivity index (χ1n) is 8.17. The fraction of sp³-hybridized carbons (Fsp3) is 0.529. The average Bonchev–Trinajstić information content (AvgIpc) is 2.77. The van der Waals surface area contributed by atoms with E-state index in [0.29, 0.717) is 12.0 Å². The van der Waals surface area contributed by atoms with Gasteiger partial charge in [0.25, 0.3) is 0 Å². The third-order valence-electron chi connectivity index (χ3n) is 4.07. The minimum atomic E-state index is -0.170. The monoisotopic (exact) mass is 380 g/mol. The first kappa shape index (κ1) is 17.8. The maximum Gasteiger partial charge on any atom is 0.246 e. The van der Waals surface area contributed by atoms with Crippen molar-refractivity contribution < 1.29 is 4.79 Å². The van der Waals surface area contributed by atoms with Crippen LogP contribution in [-0.4, -0.2) is 24.5 Å². The van der Waals surface area contributed by atoms with Gasteiger partial charge in [0.05, 0.1) is 0 Å². The third kappa shape index (κ3) is 6.22. The van der Waals surface area contributed by atoms with Crippen LogP contribution in [0.25, 0.3) is 0 Å². The number of nitrogens with two attached hydrogens (primary N) is 1. The lowest BCUT2D eigenvalue weighted by Gasteiger charge is -2.16. The molecular formula is C17H25BrN4O. The fourth-order valence-electron chi connectivity index (χ4n) is 2.75. The Hall–Kier alpha value is -1.56. The summed E-state index contributed by atoms with van der Waals surface area (Å²) in [4.78, 5) is 16.2. The van der Waals surface area contributed by atoms with Crippen molar-refractivity contribution in [3.63, 3.8) is 0 Å². The van der Waals surface area contributed by atoms with Gasteiger partial charge in [-0.25, -0.2) is 4.99 Å². The largest absolute Gasteiger partial charge is 0.370 e. The molecule has 1 saturated carbocycles. The number of hydrogen-bond acceptors (Lipinski definition) is 2. The van der Waals surface area contributed by atoms with Gasteiger partial charge in [0.1, 0.15) is 6.54 Å². The minimum absolute atomic E-state index is 0.0253. The number of rotatable bonds is 4. The number of hydrogen-bond donors (Lipinski definition) is 3. The second-order valence-electron chi connectivity index (χ2n) is 6.04. The molecule has 2 rings (SSSR count). The molecule has 4 N–H and O–H groups in total. The van der Waals surface area contributed by atoms with Crippen molar-refractivity contribution in [2.75, 3.05) is 11.9 Å². The number of aryl methyl sites for hydroxylation is 1. The van der Waals surface area contributed by atoms with Gasteiger partial charge in [-0.15, -0.1) is 0 Å². The molecule has 0 atom stereocenters. The quantitative estimate of drug-likeness (QED) is 0.425. The number of aliphatic imine (C=N–C) groups is 1. The lowest BCUT2D eigenvalue weighted by Crippen LogP contribution is -2.40. The van der Waals surface area contributed by atoms with Crippen LogP contribution in [0.5, 0.6) is 0 Å². The zero-order valence-corrected chi connectivity index (χ0v) is 15.2. The summed E-state index contributed by atoms with van der Waals surface area (Å²) in [6, 6.07) is 6.16. The molecule has 23 heavy (non-hydrogen) atoms. The molecule has 0 unspecified atom stereocenters. The Balaban J connectivity index is 1.83. The Morgan fingerprint density at radius 3 is 2.70 bits per heavy atom. The van der Waals surface area contributed by atoms with Gasteiger partial charge < -0.3 is 16.4 Å². The standard InChI is InChI=1S/C17H25BrN4O/c1-12-8-9-13(18)10-15(12)22-16(23)11-20-17(19)21-14-6-4-2-3-5-7-14/h8-10,14H,2-7,11H2,1H3,(H,22,23)(H3,19,20,21). The number of carbonyl (C=O) groups is 1. The van der Waals surface area contributed by atoms with Crippen LogP contribution in [0.1, 0.15) is 44.1 Å². The molecule has 5 nitrogen and oxygen atoms in total. The first-order chi connectivity index (χ1) is 11.0. The summed E-state index contributed by atoms with van der Waals surface area (Å²) in [6.45, 7) is 1.98. The first-order valence-corrected chi connectivity index (χ1v) is 8.96. The van der Waals surface area contributed by atoms with E-state index in [4.69, 9.17) is 5.73 Å². The summed E-state index contributed by atoms with van der Waals surface area (Å²) in [5.41, 5.74) is 7.70. The molecule has 1 aromatic carbocycles. The Bertz CT molecular complexity index is 566. The number of nitrogens with one attached hydrogen (secondary N) is 2. The van der Waals surface area contributed by atoms with E-state index in [1.165, 1.54) is 25.7 Å². The molecule has 1 aliphatic carbocycles. The molecule has 0 heterocycles. The molecule has 0 aromatic heterocycles. The zero-order chi connectivity index (χ0) is 16.7. The highest BCUT2D eigenvalue weighted by Gasteiger charge is 2.12. The lowest BCUT2D eigenvalue weighted by atomic mass is 10.1. The van der Waals surface area contributed by atoms with Crippen LogP contribution in [0.4, 0.5) is 5.69 Å². The summed E-state index contributed by atoms with van der Waals surface area (Å²) in [5.74, 6) is 0.190. The van der Waals surface area contributed by atoms with Crippen molar-refractivity contribution >= 4 is 33.5 Å². The number of amides is 1.